The van der Waals surface area contributed by atoms with E-state index in [0.717, 1.165) is 22.4 Å². The van der Waals surface area contributed by atoms with E-state index in [1.807, 2.05) is 25.1 Å². The summed E-state index contributed by atoms with van der Waals surface area (Å²) in [5.41, 5.74) is 6.66. The lowest BCUT2D eigenvalue weighted by Crippen LogP contribution is -2.52. The van der Waals surface area contributed by atoms with Gasteiger partial charge in [-0.15, -0.1) is 0 Å². The lowest BCUT2D eigenvalue weighted by atomic mass is 10.0. The molecule has 3 amide bonds. The van der Waals surface area contributed by atoms with Gasteiger partial charge >= 0.3 is 0 Å². The minimum Gasteiger partial charge on any atom is -0.340 e. The van der Waals surface area contributed by atoms with E-state index in [4.69, 9.17) is 16.4 Å². The van der Waals surface area contributed by atoms with Gasteiger partial charge in [0.2, 0.25) is 11.8 Å². The summed E-state index contributed by atoms with van der Waals surface area (Å²) in [6, 6.07) is 10.3. The first kappa shape index (κ1) is 20.5. The van der Waals surface area contributed by atoms with Gasteiger partial charge in [0.25, 0.3) is 12.3 Å². The van der Waals surface area contributed by atoms with Crippen LogP contribution in [0.4, 0.5) is 5.69 Å². The summed E-state index contributed by atoms with van der Waals surface area (Å²) in [5.74, 6) is -0.424. The molecular formula is C22H20ClN5O4. The number of benzene rings is 2. The second-order valence-corrected chi connectivity index (χ2v) is 8.34. The van der Waals surface area contributed by atoms with Crippen LogP contribution in [0.1, 0.15) is 39.9 Å². The SMILES string of the molecule is Cc1ccc(NC2N=C(c3ccc4c(c3)CN(C3CCC(=O)NC3=O)C4=O)NO2)cc1Cl. The molecule has 0 aliphatic carbocycles. The Morgan fingerprint density at radius 1 is 1.19 bits per heavy atom. The number of aryl methyl sites for hydroxylation is 1. The summed E-state index contributed by atoms with van der Waals surface area (Å²) in [4.78, 5) is 48.0. The van der Waals surface area contributed by atoms with Crippen LogP contribution in [0.3, 0.4) is 0 Å². The van der Waals surface area contributed by atoms with E-state index in [1.165, 1.54) is 4.90 Å². The molecule has 9 nitrogen and oxygen atoms in total. The number of halogens is 1. The van der Waals surface area contributed by atoms with Gasteiger partial charge in [-0.2, -0.15) is 0 Å². The van der Waals surface area contributed by atoms with Crippen LogP contribution in [0, 0.1) is 6.92 Å². The van der Waals surface area contributed by atoms with Crippen molar-refractivity contribution in [2.24, 2.45) is 4.99 Å². The quantitative estimate of drug-likeness (QED) is 0.611. The molecule has 3 heterocycles. The van der Waals surface area contributed by atoms with Crippen molar-refractivity contribution in [2.75, 3.05) is 5.32 Å². The number of amides is 3. The highest BCUT2D eigenvalue weighted by molar-refractivity contribution is 6.31. The fourth-order valence-corrected chi connectivity index (χ4v) is 4.20. The third kappa shape index (κ3) is 3.69. The zero-order valence-corrected chi connectivity index (χ0v) is 17.9. The molecule has 2 unspecified atom stereocenters. The third-order valence-corrected chi connectivity index (χ3v) is 6.18. The Morgan fingerprint density at radius 2 is 2.03 bits per heavy atom. The van der Waals surface area contributed by atoms with Gasteiger partial charge in [-0.1, -0.05) is 23.7 Å². The number of piperidine rings is 1. The summed E-state index contributed by atoms with van der Waals surface area (Å²) in [5, 5.41) is 6.09. The molecule has 32 heavy (non-hydrogen) atoms. The molecule has 2 atom stereocenters. The minimum absolute atomic E-state index is 0.214. The molecule has 5 rings (SSSR count). The molecule has 0 aromatic heterocycles. The Labute approximate surface area is 188 Å². The summed E-state index contributed by atoms with van der Waals surface area (Å²) in [7, 11) is 0. The monoisotopic (exact) mass is 453 g/mol. The zero-order chi connectivity index (χ0) is 22.4. The van der Waals surface area contributed by atoms with Crippen LogP contribution in [0.5, 0.6) is 0 Å². The summed E-state index contributed by atoms with van der Waals surface area (Å²) in [6.45, 7) is 2.22. The summed E-state index contributed by atoms with van der Waals surface area (Å²) in [6.07, 6.45) is -0.0884. The maximum atomic E-state index is 12.8. The molecular weight excluding hydrogens is 434 g/mol. The normalized spacial score (nSPS) is 22.4. The fourth-order valence-electron chi connectivity index (χ4n) is 4.02. The zero-order valence-electron chi connectivity index (χ0n) is 17.1. The second-order valence-electron chi connectivity index (χ2n) is 7.93. The predicted octanol–water partition coefficient (Wildman–Crippen LogP) is 2.09. The van der Waals surface area contributed by atoms with Gasteiger partial charge in [0.05, 0.1) is 0 Å². The first-order chi connectivity index (χ1) is 15.4. The van der Waals surface area contributed by atoms with Crippen LogP contribution in [0.2, 0.25) is 5.02 Å². The molecule has 0 saturated carbocycles. The number of imide groups is 1. The van der Waals surface area contributed by atoms with E-state index in [0.29, 0.717) is 29.4 Å². The van der Waals surface area contributed by atoms with E-state index in [9.17, 15) is 14.4 Å². The number of nitrogens with one attached hydrogen (secondary N) is 3. The molecule has 3 N–H and O–H groups in total. The number of rotatable bonds is 4. The number of hydroxylamine groups is 1. The Balaban J connectivity index is 1.32. The fraction of sp³-hybridized carbons (Fsp3) is 0.273. The van der Waals surface area contributed by atoms with Crippen LogP contribution in [-0.2, 0) is 21.0 Å². The van der Waals surface area contributed by atoms with Crippen molar-refractivity contribution in [1.82, 2.24) is 15.7 Å². The molecule has 2 aromatic rings. The molecule has 3 aliphatic heterocycles. The minimum atomic E-state index is -0.642. The van der Waals surface area contributed by atoms with Crippen molar-refractivity contribution in [3.63, 3.8) is 0 Å². The number of anilines is 1. The molecule has 2 aromatic carbocycles. The number of hydrogen-bond acceptors (Lipinski definition) is 7. The molecule has 0 radical (unpaired) electrons. The van der Waals surface area contributed by atoms with Crippen LogP contribution in [0.15, 0.2) is 41.4 Å². The lowest BCUT2D eigenvalue weighted by Gasteiger charge is -2.29. The number of carbonyl (C=O) groups excluding carboxylic acids is 3. The van der Waals surface area contributed by atoms with Gasteiger partial charge in [-0.05, 0) is 48.7 Å². The van der Waals surface area contributed by atoms with Crippen molar-refractivity contribution in [3.8, 4) is 0 Å². The number of carbonyl (C=O) groups is 3. The Hall–Kier alpha value is -3.43. The standard InChI is InChI=1S/C22H20ClN5O4/c1-11-2-4-14(9-16(11)23)24-22-26-19(27-32-22)12-3-5-15-13(8-12)10-28(21(15)31)17-6-7-18(29)25-20(17)30/h2-5,8-9,17,22,24H,6-7,10H2,1H3,(H,26,27)(H,25,29,30). The maximum absolute atomic E-state index is 12.8. The average molecular weight is 454 g/mol. The van der Waals surface area contributed by atoms with E-state index in [-0.39, 0.29) is 18.2 Å². The highest BCUT2D eigenvalue weighted by Crippen LogP contribution is 2.29. The number of hydrogen-bond donors (Lipinski definition) is 3. The van der Waals surface area contributed by atoms with Crippen LogP contribution < -0.4 is 16.1 Å². The predicted molar refractivity (Wildman–Crippen MR) is 117 cm³/mol. The number of nitrogens with zero attached hydrogens (tertiary/aromatic N) is 2. The first-order valence-corrected chi connectivity index (χ1v) is 10.6. The van der Waals surface area contributed by atoms with Gasteiger partial charge in [0, 0.05) is 34.8 Å². The smallest absolute Gasteiger partial charge is 0.255 e. The molecule has 0 bridgehead atoms. The van der Waals surface area contributed by atoms with Crippen molar-refractivity contribution in [2.45, 2.75) is 38.7 Å². The molecule has 0 spiro atoms. The average Bonchev–Trinajstić information content (AvgIpc) is 3.35. The number of amidine groups is 1. The van der Waals surface area contributed by atoms with E-state index in [1.54, 1.807) is 18.2 Å². The molecule has 10 heteroatoms. The van der Waals surface area contributed by atoms with E-state index < -0.39 is 18.3 Å². The lowest BCUT2D eigenvalue weighted by molar-refractivity contribution is -0.136. The molecule has 164 valence electrons. The highest BCUT2D eigenvalue weighted by atomic mass is 35.5. The summed E-state index contributed by atoms with van der Waals surface area (Å²) < 4.78 is 0. The second kappa shape index (κ2) is 7.92. The van der Waals surface area contributed by atoms with Gasteiger partial charge in [-0.3, -0.25) is 19.7 Å². The molecule has 1 saturated heterocycles. The molecule has 3 aliphatic rings. The van der Waals surface area contributed by atoms with E-state index >= 15 is 0 Å². The van der Waals surface area contributed by atoms with Crippen molar-refractivity contribution < 1.29 is 19.2 Å². The Morgan fingerprint density at radius 3 is 2.81 bits per heavy atom. The van der Waals surface area contributed by atoms with Gasteiger partial charge in [-0.25, -0.2) is 15.3 Å². The Kier molecular flexibility index (Phi) is 5.07. The number of fused-ring (bicyclic) bond motifs is 1. The molecule has 1 fully saturated rings. The maximum Gasteiger partial charge on any atom is 0.255 e. The van der Waals surface area contributed by atoms with Crippen LogP contribution in [0.25, 0.3) is 0 Å². The number of aliphatic imine (C=N–C) groups is 1. The summed E-state index contributed by atoms with van der Waals surface area (Å²) >= 11 is 6.17. The van der Waals surface area contributed by atoms with Gasteiger partial charge in [0.15, 0.2) is 5.84 Å². The Bertz CT molecular complexity index is 1180. The first-order valence-electron chi connectivity index (χ1n) is 10.2. The van der Waals surface area contributed by atoms with Crippen molar-refractivity contribution in [3.05, 3.63) is 63.7 Å². The highest BCUT2D eigenvalue weighted by Gasteiger charge is 2.39. The van der Waals surface area contributed by atoms with Crippen LogP contribution in [-0.4, -0.2) is 40.9 Å². The van der Waals surface area contributed by atoms with E-state index in [2.05, 4.69) is 21.1 Å². The van der Waals surface area contributed by atoms with Crippen molar-refractivity contribution in [1.29, 1.82) is 0 Å². The van der Waals surface area contributed by atoms with Gasteiger partial charge < -0.3 is 10.2 Å². The van der Waals surface area contributed by atoms with Crippen LogP contribution >= 0.6 is 11.6 Å². The largest absolute Gasteiger partial charge is 0.340 e. The van der Waals surface area contributed by atoms with Crippen molar-refractivity contribution >= 4 is 40.8 Å². The van der Waals surface area contributed by atoms with Gasteiger partial charge in [0.1, 0.15) is 6.04 Å². The topological polar surface area (TPSA) is 112 Å². The third-order valence-electron chi connectivity index (χ3n) is 5.77.